The van der Waals surface area contributed by atoms with Crippen molar-refractivity contribution in [2.24, 2.45) is 29.6 Å². The second-order valence-corrected chi connectivity index (χ2v) is 13.0. The first kappa shape index (κ1) is 32.0. The zero-order valence-electron chi connectivity index (χ0n) is 24.9. The molecule has 0 aromatic rings. The Morgan fingerprint density at radius 3 is 1.38 bits per heavy atom. The van der Waals surface area contributed by atoms with Crippen LogP contribution in [-0.4, -0.2) is 0 Å². The minimum absolute atomic E-state index is 0.942. The largest absolute Gasteiger partial charge is 0.0651 e. The molecule has 0 aromatic carbocycles. The van der Waals surface area contributed by atoms with Gasteiger partial charge in [-0.05, 0) is 36.0 Å². The Labute approximate surface area is 218 Å². The molecule has 0 N–H and O–H groups in total. The van der Waals surface area contributed by atoms with E-state index in [0.717, 1.165) is 29.6 Å². The van der Waals surface area contributed by atoms with Crippen molar-refractivity contribution in [2.45, 2.75) is 189 Å². The van der Waals surface area contributed by atoms with Crippen LogP contribution in [0.1, 0.15) is 189 Å². The van der Waals surface area contributed by atoms with Crippen LogP contribution in [0.4, 0.5) is 0 Å². The van der Waals surface area contributed by atoms with E-state index in [2.05, 4.69) is 34.6 Å². The Balaban J connectivity index is 1.81. The Hall–Kier alpha value is 0. The summed E-state index contributed by atoms with van der Waals surface area (Å²) in [5.41, 5.74) is 0. The van der Waals surface area contributed by atoms with E-state index < -0.39 is 0 Å². The Bertz CT molecular complexity index is 412. The van der Waals surface area contributed by atoms with Crippen LogP contribution < -0.4 is 0 Å². The van der Waals surface area contributed by atoms with Crippen LogP contribution in [0.5, 0.6) is 0 Å². The highest BCUT2D eigenvalue weighted by molar-refractivity contribution is 4.72. The van der Waals surface area contributed by atoms with Gasteiger partial charge in [0, 0.05) is 0 Å². The highest BCUT2D eigenvalue weighted by Gasteiger charge is 2.20. The maximum absolute atomic E-state index is 2.51. The molecule has 1 saturated carbocycles. The van der Waals surface area contributed by atoms with Gasteiger partial charge in [0.2, 0.25) is 0 Å². The number of hydrogen-bond acceptors (Lipinski definition) is 0. The van der Waals surface area contributed by atoms with Crippen LogP contribution >= 0.6 is 0 Å². The fraction of sp³-hybridized carbons (Fsp3) is 1.00. The van der Waals surface area contributed by atoms with Gasteiger partial charge in [0.1, 0.15) is 0 Å². The number of unbranched alkanes of at least 4 members (excludes halogenated alkanes) is 9. The lowest BCUT2D eigenvalue weighted by Crippen LogP contribution is -2.14. The maximum Gasteiger partial charge on any atom is -0.0412 e. The normalized spacial score (nSPS) is 21.4. The molecule has 0 bridgehead atoms. The molecule has 5 atom stereocenters. The third-order valence-corrected chi connectivity index (χ3v) is 9.51. The van der Waals surface area contributed by atoms with Gasteiger partial charge in [0.15, 0.2) is 0 Å². The molecule has 0 amide bonds. The molecule has 1 fully saturated rings. The zero-order chi connectivity index (χ0) is 24.9. The molecule has 0 saturated heterocycles. The van der Waals surface area contributed by atoms with Gasteiger partial charge < -0.3 is 0 Å². The molecule has 0 spiro atoms. The first-order valence-electron chi connectivity index (χ1n) is 16.5. The lowest BCUT2D eigenvalue weighted by atomic mass is 9.78. The van der Waals surface area contributed by atoms with Gasteiger partial charge in [0.25, 0.3) is 0 Å². The second kappa shape index (κ2) is 22.2. The highest BCUT2D eigenvalue weighted by atomic mass is 14.3. The molecule has 0 heterocycles. The van der Waals surface area contributed by atoms with Crippen molar-refractivity contribution >= 4 is 0 Å². The molecule has 1 rings (SSSR count). The van der Waals surface area contributed by atoms with Crippen LogP contribution in [-0.2, 0) is 0 Å². The molecule has 1 aliphatic rings. The minimum Gasteiger partial charge on any atom is -0.0651 e. The SMILES string of the molecule is CCC(C)CCCCCCC(C)CCCCCCCCC(C)CCCCC1CCCC(CC)C1. The molecular weight excluding hydrogens is 408 g/mol. The minimum atomic E-state index is 0.942. The smallest absolute Gasteiger partial charge is 0.0412 e. The summed E-state index contributed by atoms with van der Waals surface area (Å²) in [7, 11) is 0. The molecule has 5 unspecified atom stereocenters. The van der Waals surface area contributed by atoms with E-state index in [1.54, 1.807) is 6.42 Å². The lowest BCUT2D eigenvalue weighted by Gasteiger charge is -2.28. The molecule has 204 valence electrons. The van der Waals surface area contributed by atoms with Crippen LogP contribution in [0.25, 0.3) is 0 Å². The quantitative estimate of drug-likeness (QED) is 0.129. The molecule has 0 nitrogen and oxygen atoms in total. The Kier molecular flexibility index (Phi) is 20.9. The molecule has 0 aromatic heterocycles. The van der Waals surface area contributed by atoms with E-state index in [9.17, 15) is 0 Å². The molecule has 34 heavy (non-hydrogen) atoms. The number of rotatable bonds is 23. The van der Waals surface area contributed by atoms with E-state index >= 15 is 0 Å². The highest BCUT2D eigenvalue weighted by Crippen LogP contribution is 2.34. The average Bonchev–Trinajstić information content (AvgIpc) is 2.85. The van der Waals surface area contributed by atoms with Crippen molar-refractivity contribution in [1.82, 2.24) is 0 Å². The summed E-state index contributed by atoms with van der Waals surface area (Å²) in [5.74, 6) is 4.99. The van der Waals surface area contributed by atoms with Crippen molar-refractivity contribution in [2.75, 3.05) is 0 Å². The van der Waals surface area contributed by atoms with Gasteiger partial charge in [-0.2, -0.15) is 0 Å². The molecule has 0 radical (unpaired) electrons. The fourth-order valence-electron chi connectivity index (χ4n) is 6.49. The van der Waals surface area contributed by atoms with Gasteiger partial charge in [-0.15, -0.1) is 0 Å². The maximum atomic E-state index is 2.51. The first-order chi connectivity index (χ1) is 16.5. The van der Waals surface area contributed by atoms with Crippen LogP contribution in [0.3, 0.4) is 0 Å². The summed E-state index contributed by atoms with van der Waals surface area (Å²) in [5, 5.41) is 0. The van der Waals surface area contributed by atoms with Crippen LogP contribution in [0.15, 0.2) is 0 Å². The Morgan fingerprint density at radius 1 is 0.500 bits per heavy atom. The summed E-state index contributed by atoms with van der Waals surface area (Å²) in [6.45, 7) is 12.1. The van der Waals surface area contributed by atoms with Crippen molar-refractivity contribution in [3.8, 4) is 0 Å². The standard InChI is InChI=1S/C34H68/c1-6-30(3)21-14-12-13-17-24-31(4)22-15-10-8-9-11-16-23-32(5)25-18-19-26-34-28-20-27-33(7-2)29-34/h30-34H,6-29H2,1-5H3. The van der Waals surface area contributed by atoms with Gasteiger partial charge in [-0.25, -0.2) is 0 Å². The molecular formula is C34H68. The predicted octanol–water partition coefficient (Wildman–Crippen LogP) is 12.5. The van der Waals surface area contributed by atoms with E-state index in [1.807, 2.05) is 0 Å². The van der Waals surface area contributed by atoms with E-state index in [0.29, 0.717) is 0 Å². The third-order valence-electron chi connectivity index (χ3n) is 9.51. The predicted molar refractivity (Wildman–Crippen MR) is 157 cm³/mol. The van der Waals surface area contributed by atoms with E-state index in [-0.39, 0.29) is 0 Å². The van der Waals surface area contributed by atoms with Crippen molar-refractivity contribution in [1.29, 1.82) is 0 Å². The summed E-state index contributed by atoms with van der Waals surface area (Å²) < 4.78 is 0. The van der Waals surface area contributed by atoms with Crippen LogP contribution in [0, 0.1) is 29.6 Å². The number of hydrogen-bond donors (Lipinski definition) is 0. The second-order valence-electron chi connectivity index (χ2n) is 13.0. The lowest BCUT2D eigenvalue weighted by molar-refractivity contribution is 0.243. The molecule has 0 aliphatic heterocycles. The zero-order valence-corrected chi connectivity index (χ0v) is 24.9. The topological polar surface area (TPSA) is 0 Å². The van der Waals surface area contributed by atoms with Crippen LogP contribution in [0.2, 0.25) is 0 Å². The average molecular weight is 477 g/mol. The fourth-order valence-corrected chi connectivity index (χ4v) is 6.49. The van der Waals surface area contributed by atoms with E-state index in [1.165, 1.54) is 148 Å². The van der Waals surface area contributed by atoms with Crippen molar-refractivity contribution in [3.63, 3.8) is 0 Å². The Morgan fingerprint density at radius 2 is 0.912 bits per heavy atom. The molecule has 0 heteroatoms. The third kappa shape index (κ3) is 18.3. The summed E-state index contributed by atoms with van der Waals surface area (Å²) in [6, 6.07) is 0. The van der Waals surface area contributed by atoms with Crippen molar-refractivity contribution in [3.05, 3.63) is 0 Å². The van der Waals surface area contributed by atoms with Gasteiger partial charge in [-0.1, -0.05) is 182 Å². The molecule has 1 aliphatic carbocycles. The van der Waals surface area contributed by atoms with Gasteiger partial charge in [0.05, 0.1) is 0 Å². The summed E-state index contributed by atoms with van der Waals surface area (Å²) in [4.78, 5) is 0. The summed E-state index contributed by atoms with van der Waals surface area (Å²) >= 11 is 0. The monoisotopic (exact) mass is 477 g/mol. The van der Waals surface area contributed by atoms with E-state index in [4.69, 9.17) is 0 Å². The van der Waals surface area contributed by atoms with Gasteiger partial charge in [-0.3, -0.25) is 0 Å². The first-order valence-corrected chi connectivity index (χ1v) is 16.5. The van der Waals surface area contributed by atoms with Crippen molar-refractivity contribution < 1.29 is 0 Å². The van der Waals surface area contributed by atoms with Gasteiger partial charge >= 0.3 is 0 Å². The summed E-state index contributed by atoms with van der Waals surface area (Å²) in [6.07, 6.45) is 35.5.